The van der Waals surface area contributed by atoms with Crippen LogP contribution in [-0.4, -0.2) is 18.3 Å². The summed E-state index contributed by atoms with van der Waals surface area (Å²) in [4.78, 5) is 0. The quantitative estimate of drug-likeness (QED) is 0.820. The zero-order valence-electron chi connectivity index (χ0n) is 10.7. The fraction of sp³-hybridized carbons (Fsp3) is 0.571. The van der Waals surface area contributed by atoms with E-state index in [9.17, 15) is 9.50 Å². The van der Waals surface area contributed by atoms with Crippen molar-refractivity contribution in [3.63, 3.8) is 0 Å². The summed E-state index contributed by atoms with van der Waals surface area (Å²) in [6.07, 6.45) is 4.12. The first-order chi connectivity index (χ1) is 9.12. The first-order valence-electron chi connectivity index (χ1n) is 6.72. The predicted molar refractivity (Wildman–Crippen MR) is 68.0 cm³/mol. The molecular formula is C14H18FNO3. The molecule has 3 N–H and O–H groups in total. The Morgan fingerprint density at radius 1 is 1.16 bits per heavy atom. The number of halogens is 1. The second kappa shape index (κ2) is 4.56. The number of phenols is 1. The van der Waals surface area contributed by atoms with E-state index in [-0.39, 0.29) is 0 Å². The van der Waals surface area contributed by atoms with Crippen molar-refractivity contribution < 1.29 is 19.0 Å². The first-order valence-corrected chi connectivity index (χ1v) is 6.72. The molecule has 0 bridgehead atoms. The average molecular weight is 267 g/mol. The van der Waals surface area contributed by atoms with Gasteiger partial charge in [0, 0.05) is 18.0 Å². The Labute approximate surface area is 111 Å². The van der Waals surface area contributed by atoms with Gasteiger partial charge in [-0.3, -0.25) is 0 Å². The maximum Gasteiger partial charge on any atom is 0.170 e. The van der Waals surface area contributed by atoms with Crippen molar-refractivity contribution in [3.8, 4) is 17.2 Å². The summed E-state index contributed by atoms with van der Waals surface area (Å²) in [6, 6.07) is 1.18. The lowest BCUT2D eigenvalue weighted by molar-refractivity contribution is 0.291. The Kier molecular flexibility index (Phi) is 3.01. The van der Waals surface area contributed by atoms with Gasteiger partial charge in [0.15, 0.2) is 23.1 Å². The SMILES string of the molecule is NC1(c2c(O)c(F)cc3c2OCCCO3)CCCC1. The van der Waals surface area contributed by atoms with Gasteiger partial charge in [0.05, 0.1) is 18.8 Å². The Morgan fingerprint density at radius 3 is 2.58 bits per heavy atom. The highest BCUT2D eigenvalue weighted by Crippen LogP contribution is 2.50. The van der Waals surface area contributed by atoms with Crippen LogP contribution in [0.5, 0.6) is 17.2 Å². The van der Waals surface area contributed by atoms with Crippen LogP contribution < -0.4 is 15.2 Å². The van der Waals surface area contributed by atoms with E-state index in [2.05, 4.69) is 0 Å². The third-order valence-electron chi connectivity index (χ3n) is 3.96. The van der Waals surface area contributed by atoms with Gasteiger partial charge in [-0.15, -0.1) is 0 Å². The van der Waals surface area contributed by atoms with Crippen molar-refractivity contribution in [1.29, 1.82) is 0 Å². The highest BCUT2D eigenvalue weighted by Gasteiger charge is 2.39. The van der Waals surface area contributed by atoms with Crippen LogP contribution in [-0.2, 0) is 5.54 Å². The number of ether oxygens (including phenoxy) is 2. The molecule has 1 heterocycles. The molecule has 0 atom stereocenters. The molecule has 1 saturated carbocycles. The van der Waals surface area contributed by atoms with Crippen LogP contribution in [0, 0.1) is 5.82 Å². The molecule has 1 fully saturated rings. The maximum atomic E-state index is 13.9. The Bertz CT molecular complexity index is 498. The number of aromatic hydroxyl groups is 1. The zero-order valence-corrected chi connectivity index (χ0v) is 10.7. The average Bonchev–Trinajstić information content (AvgIpc) is 2.68. The van der Waals surface area contributed by atoms with E-state index >= 15 is 0 Å². The Morgan fingerprint density at radius 2 is 1.84 bits per heavy atom. The molecule has 0 spiro atoms. The predicted octanol–water partition coefficient (Wildman–Crippen LogP) is 2.42. The minimum absolute atomic E-state index is 0.347. The standard InChI is InChI=1S/C14H18FNO3/c15-9-8-10-13(19-7-3-6-18-10)11(12(9)17)14(16)4-1-2-5-14/h8,17H,1-7,16H2. The van der Waals surface area contributed by atoms with E-state index < -0.39 is 17.1 Å². The normalized spacial score (nSPS) is 21.2. The summed E-state index contributed by atoms with van der Waals surface area (Å²) < 4.78 is 25.0. The van der Waals surface area contributed by atoms with Crippen molar-refractivity contribution in [2.24, 2.45) is 5.73 Å². The fourth-order valence-electron chi connectivity index (χ4n) is 2.98. The van der Waals surface area contributed by atoms with Crippen LogP contribution >= 0.6 is 0 Å². The van der Waals surface area contributed by atoms with Gasteiger partial charge < -0.3 is 20.3 Å². The lowest BCUT2D eigenvalue weighted by atomic mass is 9.87. The highest BCUT2D eigenvalue weighted by molar-refractivity contribution is 5.57. The molecule has 104 valence electrons. The molecule has 4 nitrogen and oxygen atoms in total. The van der Waals surface area contributed by atoms with Gasteiger partial charge in [-0.25, -0.2) is 4.39 Å². The first kappa shape index (κ1) is 12.5. The summed E-state index contributed by atoms with van der Waals surface area (Å²) in [5.41, 5.74) is 6.02. The molecule has 0 amide bonds. The van der Waals surface area contributed by atoms with Crippen molar-refractivity contribution in [3.05, 3.63) is 17.4 Å². The third-order valence-corrected chi connectivity index (χ3v) is 3.96. The Balaban J connectivity index is 2.18. The van der Waals surface area contributed by atoms with E-state index in [0.29, 0.717) is 30.3 Å². The van der Waals surface area contributed by atoms with E-state index in [4.69, 9.17) is 15.2 Å². The summed E-state index contributed by atoms with van der Waals surface area (Å²) >= 11 is 0. The van der Waals surface area contributed by atoms with Crippen LogP contribution in [0.4, 0.5) is 4.39 Å². The van der Waals surface area contributed by atoms with Crippen molar-refractivity contribution in [1.82, 2.24) is 0 Å². The van der Waals surface area contributed by atoms with Crippen LogP contribution in [0.3, 0.4) is 0 Å². The number of rotatable bonds is 1. The van der Waals surface area contributed by atoms with Crippen LogP contribution in [0.2, 0.25) is 0 Å². The number of fused-ring (bicyclic) bond motifs is 1. The molecule has 19 heavy (non-hydrogen) atoms. The van der Waals surface area contributed by atoms with E-state index in [0.717, 1.165) is 32.1 Å². The number of nitrogens with two attached hydrogens (primary N) is 1. The number of phenolic OH excluding ortho intramolecular Hbond substituents is 1. The summed E-state index contributed by atoms with van der Waals surface area (Å²) in [7, 11) is 0. The van der Waals surface area contributed by atoms with E-state index in [1.165, 1.54) is 6.07 Å². The number of benzene rings is 1. The zero-order chi connectivity index (χ0) is 13.5. The smallest absolute Gasteiger partial charge is 0.170 e. The maximum absolute atomic E-state index is 13.9. The molecule has 0 saturated heterocycles. The molecule has 1 aromatic rings. The third kappa shape index (κ3) is 2.02. The lowest BCUT2D eigenvalue weighted by Crippen LogP contribution is -2.34. The minimum Gasteiger partial charge on any atom is -0.504 e. The molecule has 1 aliphatic carbocycles. The van der Waals surface area contributed by atoms with Crippen LogP contribution in [0.25, 0.3) is 0 Å². The number of hydrogen-bond acceptors (Lipinski definition) is 4. The highest BCUT2D eigenvalue weighted by atomic mass is 19.1. The molecule has 0 unspecified atom stereocenters. The second-order valence-electron chi connectivity index (χ2n) is 5.32. The topological polar surface area (TPSA) is 64.7 Å². The summed E-state index contributed by atoms with van der Waals surface area (Å²) in [5, 5.41) is 10.1. The van der Waals surface area contributed by atoms with E-state index in [1.807, 2.05) is 0 Å². The molecule has 0 radical (unpaired) electrons. The van der Waals surface area contributed by atoms with Gasteiger partial charge in [-0.1, -0.05) is 12.8 Å². The van der Waals surface area contributed by atoms with Gasteiger partial charge in [-0.05, 0) is 12.8 Å². The molecule has 3 rings (SSSR count). The second-order valence-corrected chi connectivity index (χ2v) is 5.32. The monoisotopic (exact) mass is 267 g/mol. The molecular weight excluding hydrogens is 249 g/mol. The molecule has 1 aromatic carbocycles. The van der Waals surface area contributed by atoms with Crippen LogP contribution in [0.15, 0.2) is 6.07 Å². The van der Waals surface area contributed by atoms with Gasteiger partial charge in [0.25, 0.3) is 0 Å². The minimum atomic E-state index is -0.718. The summed E-state index contributed by atoms with van der Waals surface area (Å²) in [6.45, 7) is 0.968. The molecule has 2 aliphatic rings. The van der Waals surface area contributed by atoms with Gasteiger partial charge in [0.1, 0.15) is 0 Å². The fourth-order valence-corrected chi connectivity index (χ4v) is 2.98. The molecule has 5 heteroatoms. The summed E-state index contributed by atoms with van der Waals surface area (Å²) in [5.74, 6) is -0.329. The van der Waals surface area contributed by atoms with E-state index in [1.54, 1.807) is 0 Å². The van der Waals surface area contributed by atoms with Gasteiger partial charge in [0.2, 0.25) is 0 Å². The number of hydrogen-bond donors (Lipinski definition) is 2. The lowest BCUT2D eigenvalue weighted by Gasteiger charge is -2.28. The van der Waals surface area contributed by atoms with Gasteiger partial charge in [-0.2, -0.15) is 0 Å². The van der Waals surface area contributed by atoms with Crippen molar-refractivity contribution in [2.45, 2.75) is 37.6 Å². The van der Waals surface area contributed by atoms with Crippen molar-refractivity contribution >= 4 is 0 Å². The van der Waals surface area contributed by atoms with Crippen LogP contribution in [0.1, 0.15) is 37.7 Å². The van der Waals surface area contributed by atoms with Crippen molar-refractivity contribution in [2.75, 3.05) is 13.2 Å². The largest absolute Gasteiger partial charge is 0.504 e. The molecule has 1 aliphatic heterocycles. The van der Waals surface area contributed by atoms with Gasteiger partial charge >= 0.3 is 0 Å². The molecule has 0 aromatic heterocycles. The Hall–Kier alpha value is -1.49.